The molecule has 3 rings (SSSR count). The molecular weight excluding hydrogens is 258 g/mol. The van der Waals surface area contributed by atoms with Gasteiger partial charge in [0, 0.05) is 19.2 Å². The van der Waals surface area contributed by atoms with Crippen LogP contribution in [0, 0.1) is 0 Å². The van der Waals surface area contributed by atoms with E-state index in [1.165, 1.54) is 0 Å². The van der Waals surface area contributed by atoms with Gasteiger partial charge in [-0.3, -0.25) is 0 Å². The molecule has 0 bridgehead atoms. The summed E-state index contributed by atoms with van der Waals surface area (Å²) in [6, 6.07) is 4.43. The van der Waals surface area contributed by atoms with Gasteiger partial charge in [0.05, 0.1) is 13.2 Å². The van der Waals surface area contributed by atoms with Crippen molar-refractivity contribution in [2.24, 2.45) is 0 Å². The lowest BCUT2D eigenvalue weighted by atomic mass is 10.1. The molecule has 5 nitrogen and oxygen atoms in total. The summed E-state index contributed by atoms with van der Waals surface area (Å²) in [5.74, 6) is 2.21. The van der Waals surface area contributed by atoms with Crippen LogP contribution in [-0.4, -0.2) is 39.1 Å². The van der Waals surface area contributed by atoms with Crippen molar-refractivity contribution in [2.45, 2.75) is 32.0 Å². The Morgan fingerprint density at radius 3 is 2.85 bits per heavy atom. The largest absolute Gasteiger partial charge is 0.493 e. The van der Waals surface area contributed by atoms with Crippen LogP contribution in [0.3, 0.4) is 0 Å². The van der Waals surface area contributed by atoms with Gasteiger partial charge < -0.3 is 24.3 Å². The minimum Gasteiger partial charge on any atom is -0.493 e. The molecule has 5 heteroatoms. The average molecular weight is 279 g/mol. The molecule has 1 fully saturated rings. The van der Waals surface area contributed by atoms with Crippen molar-refractivity contribution in [3.05, 3.63) is 17.7 Å². The van der Waals surface area contributed by atoms with Crippen LogP contribution in [0.5, 0.6) is 17.2 Å². The number of benzene rings is 1. The molecule has 2 atom stereocenters. The van der Waals surface area contributed by atoms with Crippen LogP contribution in [0.15, 0.2) is 12.1 Å². The van der Waals surface area contributed by atoms with E-state index in [2.05, 4.69) is 12.2 Å². The zero-order valence-electron chi connectivity index (χ0n) is 12.0. The first kappa shape index (κ1) is 13.5. The molecule has 20 heavy (non-hydrogen) atoms. The number of hydrogen-bond acceptors (Lipinski definition) is 5. The van der Waals surface area contributed by atoms with Crippen LogP contribution in [0.2, 0.25) is 0 Å². The standard InChI is InChI=1S/C15H21NO4/c1-10-12(3-4-18-10)16-9-11-7-13(17-2)15-14(8-11)19-5-6-20-15/h7-8,10,12,16H,3-6,9H2,1-2H3. The fraction of sp³-hybridized carbons (Fsp3) is 0.600. The molecular formula is C15H21NO4. The molecule has 0 spiro atoms. The lowest BCUT2D eigenvalue weighted by Crippen LogP contribution is -2.34. The third-order valence-electron chi connectivity index (χ3n) is 3.83. The van der Waals surface area contributed by atoms with Gasteiger partial charge in [0.15, 0.2) is 11.5 Å². The molecule has 1 N–H and O–H groups in total. The fourth-order valence-electron chi connectivity index (χ4n) is 2.68. The van der Waals surface area contributed by atoms with Gasteiger partial charge in [0.2, 0.25) is 5.75 Å². The van der Waals surface area contributed by atoms with Crippen molar-refractivity contribution >= 4 is 0 Å². The normalized spacial score (nSPS) is 24.7. The van der Waals surface area contributed by atoms with Gasteiger partial charge in [-0.15, -0.1) is 0 Å². The Morgan fingerprint density at radius 2 is 2.10 bits per heavy atom. The van der Waals surface area contributed by atoms with Crippen molar-refractivity contribution in [1.82, 2.24) is 5.32 Å². The summed E-state index contributed by atoms with van der Waals surface area (Å²) < 4.78 is 22.2. The molecule has 2 unspecified atom stereocenters. The van der Waals surface area contributed by atoms with E-state index in [-0.39, 0.29) is 6.10 Å². The Balaban J connectivity index is 1.73. The second kappa shape index (κ2) is 5.89. The summed E-state index contributed by atoms with van der Waals surface area (Å²) in [4.78, 5) is 0. The maximum Gasteiger partial charge on any atom is 0.203 e. The van der Waals surface area contributed by atoms with Crippen molar-refractivity contribution in [2.75, 3.05) is 26.9 Å². The third kappa shape index (κ3) is 2.69. The maximum atomic E-state index is 5.64. The Bertz CT molecular complexity index is 460. The molecule has 1 aromatic rings. The van der Waals surface area contributed by atoms with E-state index in [1.807, 2.05) is 12.1 Å². The average Bonchev–Trinajstić information content (AvgIpc) is 2.89. The zero-order valence-corrected chi connectivity index (χ0v) is 12.0. The molecule has 2 aliphatic rings. The van der Waals surface area contributed by atoms with Crippen LogP contribution in [0.1, 0.15) is 18.9 Å². The molecule has 2 heterocycles. The van der Waals surface area contributed by atoms with Gasteiger partial charge in [-0.25, -0.2) is 0 Å². The zero-order chi connectivity index (χ0) is 13.9. The highest BCUT2D eigenvalue weighted by atomic mass is 16.6. The predicted molar refractivity (Wildman–Crippen MR) is 74.6 cm³/mol. The molecule has 0 radical (unpaired) electrons. The quantitative estimate of drug-likeness (QED) is 0.909. The number of ether oxygens (including phenoxy) is 4. The van der Waals surface area contributed by atoms with E-state index in [9.17, 15) is 0 Å². The summed E-state index contributed by atoms with van der Waals surface area (Å²) in [6.45, 7) is 4.86. The first-order valence-corrected chi connectivity index (χ1v) is 7.09. The molecule has 1 aromatic carbocycles. The second-order valence-electron chi connectivity index (χ2n) is 5.17. The number of methoxy groups -OCH3 is 1. The first-order valence-electron chi connectivity index (χ1n) is 7.09. The molecule has 2 aliphatic heterocycles. The van der Waals surface area contributed by atoms with Crippen molar-refractivity contribution in [3.8, 4) is 17.2 Å². The predicted octanol–water partition coefficient (Wildman–Crippen LogP) is 1.73. The topological polar surface area (TPSA) is 49.0 Å². The van der Waals surface area contributed by atoms with E-state index in [0.29, 0.717) is 25.0 Å². The van der Waals surface area contributed by atoms with Crippen LogP contribution >= 0.6 is 0 Å². The van der Waals surface area contributed by atoms with E-state index in [4.69, 9.17) is 18.9 Å². The van der Waals surface area contributed by atoms with Crippen LogP contribution in [0.4, 0.5) is 0 Å². The Labute approximate surface area is 119 Å². The Morgan fingerprint density at radius 1 is 1.25 bits per heavy atom. The van der Waals surface area contributed by atoms with E-state index in [0.717, 1.165) is 36.6 Å². The minimum absolute atomic E-state index is 0.272. The van der Waals surface area contributed by atoms with Crippen molar-refractivity contribution < 1.29 is 18.9 Å². The van der Waals surface area contributed by atoms with Gasteiger partial charge in [0.25, 0.3) is 0 Å². The van der Waals surface area contributed by atoms with Gasteiger partial charge in [0.1, 0.15) is 13.2 Å². The summed E-state index contributed by atoms with van der Waals surface area (Å²) in [6.07, 6.45) is 1.33. The molecule has 1 saturated heterocycles. The highest BCUT2D eigenvalue weighted by Crippen LogP contribution is 2.40. The summed E-state index contributed by atoms with van der Waals surface area (Å²) >= 11 is 0. The van der Waals surface area contributed by atoms with Gasteiger partial charge >= 0.3 is 0 Å². The second-order valence-corrected chi connectivity index (χ2v) is 5.17. The van der Waals surface area contributed by atoms with Crippen LogP contribution < -0.4 is 19.5 Å². The van der Waals surface area contributed by atoms with Crippen LogP contribution in [0.25, 0.3) is 0 Å². The van der Waals surface area contributed by atoms with Gasteiger partial charge in [-0.1, -0.05) is 0 Å². The summed E-state index contributed by atoms with van der Waals surface area (Å²) in [5.41, 5.74) is 1.13. The number of rotatable bonds is 4. The number of nitrogens with one attached hydrogen (secondary N) is 1. The smallest absolute Gasteiger partial charge is 0.203 e. The fourth-order valence-corrected chi connectivity index (χ4v) is 2.68. The molecule has 0 saturated carbocycles. The molecule has 0 aliphatic carbocycles. The number of fused-ring (bicyclic) bond motifs is 1. The van der Waals surface area contributed by atoms with E-state index in [1.54, 1.807) is 7.11 Å². The maximum absolute atomic E-state index is 5.64. The van der Waals surface area contributed by atoms with Gasteiger partial charge in [-0.2, -0.15) is 0 Å². The third-order valence-corrected chi connectivity index (χ3v) is 3.83. The van der Waals surface area contributed by atoms with Crippen molar-refractivity contribution in [1.29, 1.82) is 0 Å². The number of hydrogen-bond donors (Lipinski definition) is 1. The van der Waals surface area contributed by atoms with E-state index < -0.39 is 0 Å². The lowest BCUT2D eigenvalue weighted by molar-refractivity contribution is 0.113. The highest BCUT2D eigenvalue weighted by Gasteiger charge is 2.24. The SMILES string of the molecule is COc1cc(CNC2CCOC2C)cc2c1OCCO2. The summed E-state index contributed by atoms with van der Waals surface area (Å²) in [5, 5.41) is 3.53. The first-order chi connectivity index (χ1) is 9.78. The highest BCUT2D eigenvalue weighted by molar-refractivity contribution is 5.54. The summed E-state index contributed by atoms with van der Waals surface area (Å²) in [7, 11) is 1.65. The molecule has 0 aromatic heterocycles. The van der Waals surface area contributed by atoms with E-state index >= 15 is 0 Å². The minimum atomic E-state index is 0.272. The lowest BCUT2D eigenvalue weighted by Gasteiger charge is -2.22. The van der Waals surface area contributed by atoms with Crippen LogP contribution in [-0.2, 0) is 11.3 Å². The monoisotopic (exact) mass is 279 g/mol. The van der Waals surface area contributed by atoms with Gasteiger partial charge in [-0.05, 0) is 31.0 Å². The molecule has 110 valence electrons. The Hall–Kier alpha value is -1.46. The Kier molecular flexibility index (Phi) is 3.98. The molecule has 0 amide bonds. The van der Waals surface area contributed by atoms with Crippen molar-refractivity contribution in [3.63, 3.8) is 0 Å².